The van der Waals surface area contributed by atoms with Crippen LogP contribution in [-0.2, 0) is 6.54 Å². The quantitative estimate of drug-likeness (QED) is 0.766. The van der Waals surface area contributed by atoms with Crippen LogP contribution in [0.1, 0.15) is 37.8 Å². The average molecular weight is 344 g/mol. The molecule has 0 saturated carbocycles. The van der Waals surface area contributed by atoms with E-state index in [-0.39, 0.29) is 0 Å². The molecule has 0 saturated heterocycles. The van der Waals surface area contributed by atoms with Gasteiger partial charge in [0.2, 0.25) is 0 Å². The fourth-order valence-electron chi connectivity index (χ4n) is 2.95. The number of aryl methyl sites for hydroxylation is 1. The molecule has 4 nitrogen and oxygen atoms in total. The van der Waals surface area contributed by atoms with Gasteiger partial charge in [-0.25, -0.2) is 9.37 Å². The summed E-state index contributed by atoms with van der Waals surface area (Å²) < 4.78 is 14.5. The van der Waals surface area contributed by atoms with Crippen LogP contribution < -0.4 is 11.1 Å². The van der Waals surface area contributed by atoms with Crippen molar-refractivity contribution in [3.8, 4) is 11.4 Å². The Labute approximate surface area is 150 Å². The molecule has 0 fully saturated rings. The Morgan fingerprint density at radius 2 is 2.12 bits per heavy atom. The van der Waals surface area contributed by atoms with Crippen molar-refractivity contribution in [1.82, 2.24) is 14.9 Å². The smallest absolute Gasteiger partial charge is 0.140 e. The van der Waals surface area contributed by atoms with Crippen molar-refractivity contribution < 1.29 is 4.39 Å². The van der Waals surface area contributed by atoms with Crippen LogP contribution in [0.15, 0.2) is 41.9 Å². The molecule has 0 aliphatic heterocycles. The predicted molar refractivity (Wildman–Crippen MR) is 102 cm³/mol. The number of benzene rings is 1. The third kappa shape index (κ3) is 4.69. The summed E-state index contributed by atoms with van der Waals surface area (Å²) >= 11 is 0. The van der Waals surface area contributed by atoms with Gasteiger partial charge in [-0.2, -0.15) is 0 Å². The van der Waals surface area contributed by atoms with Crippen LogP contribution in [0.3, 0.4) is 0 Å². The van der Waals surface area contributed by atoms with Gasteiger partial charge in [0.05, 0.1) is 0 Å². The molecule has 1 heterocycles. The number of hydrogen-bond acceptors (Lipinski definition) is 3. The van der Waals surface area contributed by atoms with Gasteiger partial charge < -0.3 is 15.6 Å². The van der Waals surface area contributed by atoms with Crippen molar-refractivity contribution in [3.05, 3.63) is 53.0 Å². The Bertz CT molecular complexity index is 731. The maximum Gasteiger partial charge on any atom is 0.140 e. The molecule has 2 rings (SSSR count). The van der Waals surface area contributed by atoms with E-state index in [0.717, 1.165) is 22.7 Å². The summed E-state index contributed by atoms with van der Waals surface area (Å²) in [5, 5.41) is 3.08. The highest BCUT2D eigenvalue weighted by molar-refractivity contribution is 5.62. The molecular weight excluding hydrogens is 315 g/mol. The van der Waals surface area contributed by atoms with Crippen LogP contribution in [0.5, 0.6) is 0 Å². The van der Waals surface area contributed by atoms with Crippen LogP contribution in [-0.4, -0.2) is 29.3 Å². The Hall–Kier alpha value is -2.14. The van der Waals surface area contributed by atoms with Crippen LogP contribution >= 0.6 is 0 Å². The van der Waals surface area contributed by atoms with Gasteiger partial charge in [-0.05, 0) is 30.9 Å². The van der Waals surface area contributed by atoms with E-state index in [4.69, 9.17) is 5.73 Å². The summed E-state index contributed by atoms with van der Waals surface area (Å²) in [4.78, 5) is 4.59. The maximum absolute atomic E-state index is 12.4. The van der Waals surface area contributed by atoms with E-state index in [2.05, 4.69) is 53.8 Å². The second-order valence-electron chi connectivity index (χ2n) is 6.67. The zero-order valence-electron chi connectivity index (χ0n) is 15.6. The van der Waals surface area contributed by atoms with Gasteiger partial charge in [0.1, 0.15) is 12.5 Å². The SMILES string of the molecule is C/C(NCCF)=C(/CN)Cn1ccnc1-c1ccc(C)cc1C(C)C. The minimum Gasteiger partial charge on any atom is -0.386 e. The summed E-state index contributed by atoms with van der Waals surface area (Å²) in [6, 6.07) is 6.49. The van der Waals surface area contributed by atoms with Crippen molar-refractivity contribution >= 4 is 0 Å². The van der Waals surface area contributed by atoms with E-state index in [1.54, 1.807) is 0 Å². The molecule has 2 aromatic rings. The van der Waals surface area contributed by atoms with Crippen molar-refractivity contribution in [2.24, 2.45) is 5.73 Å². The first-order valence-electron chi connectivity index (χ1n) is 8.78. The molecule has 0 spiro atoms. The number of nitrogens with one attached hydrogen (secondary N) is 1. The molecule has 0 atom stereocenters. The van der Waals surface area contributed by atoms with Crippen LogP contribution in [0.4, 0.5) is 4.39 Å². The molecule has 0 bridgehead atoms. The zero-order valence-corrected chi connectivity index (χ0v) is 15.6. The Kier molecular flexibility index (Phi) is 6.76. The number of allylic oxidation sites excluding steroid dienone is 1. The number of halogens is 1. The number of nitrogens with zero attached hydrogens (tertiary/aromatic N) is 2. The summed E-state index contributed by atoms with van der Waals surface area (Å²) in [5.74, 6) is 1.35. The second-order valence-corrected chi connectivity index (χ2v) is 6.67. The highest BCUT2D eigenvalue weighted by Crippen LogP contribution is 2.29. The lowest BCUT2D eigenvalue weighted by Crippen LogP contribution is -2.21. The summed E-state index contributed by atoms with van der Waals surface area (Å²) in [6.07, 6.45) is 3.79. The first-order chi connectivity index (χ1) is 12.0. The molecule has 5 heteroatoms. The molecule has 0 radical (unpaired) electrons. The Morgan fingerprint density at radius 3 is 2.76 bits per heavy atom. The van der Waals surface area contributed by atoms with Gasteiger partial charge in [0.15, 0.2) is 0 Å². The van der Waals surface area contributed by atoms with Crippen molar-refractivity contribution in [2.45, 2.75) is 40.2 Å². The van der Waals surface area contributed by atoms with Gasteiger partial charge in [0, 0.05) is 43.3 Å². The van der Waals surface area contributed by atoms with Gasteiger partial charge >= 0.3 is 0 Å². The average Bonchev–Trinajstić information content (AvgIpc) is 3.05. The first kappa shape index (κ1) is 19.2. The van der Waals surface area contributed by atoms with Gasteiger partial charge in [-0.1, -0.05) is 37.6 Å². The summed E-state index contributed by atoms with van der Waals surface area (Å²) in [5.41, 5.74) is 11.6. The monoisotopic (exact) mass is 344 g/mol. The van der Waals surface area contributed by atoms with E-state index in [1.807, 2.05) is 19.3 Å². The fraction of sp³-hybridized carbons (Fsp3) is 0.450. The molecule has 0 aliphatic rings. The molecule has 1 aromatic carbocycles. The zero-order chi connectivity index (χ0) is 18.4. The molecule has 0 unspecified atom stereocenters. The molecular formula is C20H29FN4. The van der Waals surface area contributed by atoms with E-state index >= 15 is 0 Å². The lowest BCUT2D eigenvalue weighted by atomic mass is 9.95. The minimum absolute atomic E-state index is 0.307. The lowest BCUT2D eigenvalue weighted by Gasteiger charge is -2.17. The van der Waals surface area contributed by atoms with Gasteiger partial charge in [-0.3, -0.25) is 0 Å². The Balaban J connectivity index is 2.38. The standard InChI is InChI=1S/C20H29FN4/c1-14(2)19-11-15(3)5-6-18(19)20-24-9-10-25(20)13-17(12-22)16(4)23-8-7-21/h5-6,9-11,14,23H,7-8,12-13,22H2,1-4H3/b17-16+. The second kappa shape index (κ2) is 8.81. The number of aromatic nitrogens is 2. The third-order valence-corrected chi connectivity index (χ3v) is 4.41. The normalized spacial score (nSPS) is 12.4. The van der Waals surface area contributed by atoms with E-state index in [0.29, 0.717) is 25.6 Å². The van der Waals surface area contributed by atoms with Crippen LogP contribution in [0.2, 0.25) is 0 Å². The van der Waals surface area contributed by atoms with Crippen LogP contribution in [0.25, 0.3) is 11.4 Å². The Morgan fingerprint density at radius 1 is 1.36 bits per heavy atom. The topological polar surface area (TPSA) is 55.9 Å². The van der Waals surface area contributed by atoms with E-state index < -0.39 is 6.67 Å². The molecule has 0 amide bonds. The minimum atomic E-state index is -0.396. The molecule has 25 heavy (non-hydrogen) atoms. The predicted octanol–water partition coefficient (Wildman–Crippen LogP) is 3.77. The van der Waals surface area contributed by atoms with Crippen molar-refractivity contribution in [2.75, 3.05) is 19.8 Å². The summed E-state index contributed by atoms with van der Waals surface area (Å²) in [6.45, 7) is 9.42. The highest BCUT2D eigenvalue weighted by atomic mass is 19.1. The summed E-state index contributed by atoms with van der Waals surface area (Å²) in [7, 11) is 0. The number of imidazole rings is 1. The number of rotatable bonds is 8. The van der Waals surface area contributed by atoms with Gasteiger partial charge in [0.25, 0.3) is 0 Å². The van der Waals surface area contributed by atoms with Gasteiger partial charge in [-0.15, -0.1) is 0 Å². The molecule has 0 aliphatic carbocycles. The van der Waals surface area contributed by atoms with Crippen molar-refractivity contribution in [3.63, 3.8) is 0 Å². The maximum atomic E-state index is 12.4. The largest absolute Gasteiger partial charge is 0.386 e. The van der Waals surface area contributed by atoms with E-state index in [1.165, 1.54) is 11.1 Å². The third-order valence-electron chi connectivity index (χ3n) is 4.41. The molecule has 136 valence electrons. The fourth-order valence-corrected chi connectivity index (χ4v) is 2.95. The van der Waals surface area contributed by atoms with E-state index in [9.17, 15) is 4.39 Å². The van der Waals surface area contributed by atoms with Crippen molar-refractivity contribution in [1.29, 1.82) is 0 Å². The first-order valence-corrected chi connectivity index (χ1v) is 8.78. The number of hydrogen-bond donors (Lipinski definition) is 2. The van der Waals surface area contributed by atoms with Crippen LogP contribution in [0, 0.1) is 6.92 Å². The molecule has 3 N–H and O–H groups in total. The highest BCUT2D eigenvalue weighted by Gasteiger charge is 2.14. The lowest BCUT2D eigenvalue weighted by molar-refractivity contribution is 0.480. The number of alkyl halides is 1. The molecule has 1 aromatic heterocycles. The number of nitrogens with two attached hydrogens (primary N) is 1.